The molecule has 0 aliphatic rings. The zero-order chi connectivity index (χ0) is 11.5. The normalized spacial score (nSPS) is 11.1. The smallest absolute Gasteiger partial charge is 0.232 e. The fourth-order valence-electron chi connectivity index (χ4n) is 0.913. The quantitative estimate of drug-likeness (QED) is 0.757. The maximum absolute atomic E-state index is 11.7. The zero-order valence-electron chi connectivity index (χ0n) is 8.74. The minimum Gasteiger partial charge on any atom is -0.467 e. The van der Waals surface area contributed by atoms with Crippen LogP contribution in [0.25, 0.3) is 0 Å². The van der Waals surface area contributed by atoms with Crippen LogP contribution in [0.3, 0.4) is 0 Å². The van der Waals surface area contributed by atoms with Crippen LogP contribution in [0.2, 0.25) is 0 Å². The van der Waals surface area contributed by atoms with Gasteiger partial charge in [-0.25, -0.2) is 0 Å². The third kappa shape index (κ3) is 2.79. The molecule has 0 fully saturated rings. The zero-order valence-corrected chi connectivity index (χ0v) is 9.56. The molecule has 1 aromatic heterocycles. The molecule has 1 amide bonds. The van der Waals surface area contributed by atoms with Crippen LogP contribution in [-0.2, 0) is 11.3 Å². The van der Waals surface area contributed by atoms with Crippen LogP contribution in [-0.4, -0.2) is 10.9 Å². The summed E-state index contributed by atoms with van der Waals surface area (Å²) in [6.07, 6.45) is 1.56. The minimum absolute atomic E-state index is 0.180. The highest BCUT2D eigenvalue weighted by Crippen LogP contribution is 2.15. The van der Waals surface area contributed by atoms with Crippen molar-refractivity contribution in [1.29, 1.82) is 0 Å². The second kappa shape index (κ2) is 4.44. The Balaban J connectivity index is 2.53. The van der Waals surface area contributed by atoms with Gasteiger partial charge >= 0.3 is 0 Å². The van der Waals surface area contributed by atoms with Crippen LogP contribution < -0.4 is 11.1 Å². The SMILES string of the molecule is CC(C)(C(=O)NCc1ccco1)C(N)=S. The third-order valence-electron chi connectivity index (χ3n) is 2.19. The number of furan rings is 1. The van der Waals surface area contributed by atoms with E-state index in [9.17, 15) is 4.79 Å². The molecule has 1 rings (SSSR count). The summed E-state index contributed by atoms with van der Waals surface area (Å²) in [5.74, 6) is 0.494. The van der Waals surface area contributed by atoms with E-state index in [2.05, 4.69) is 5.32 Å². The second-order valence-electron chi connectivity index (χ2n) is 3.75. The van der Waals surface area contributed by atoms with Crippen molar-refractivity contribution in [2.45, 2.75) is 20.4 Å². The average molecular weight is 226 g/mol. The van der Waals surface area contributed by atoms with Crippen LogP contribution in [0.4, 0.5) is 0 Å². The number of hydrogen-bond acceptors (Lipinski definition) is 3. The van der Waals surface area contributed by atoms with Crippen LogP contribution in [0.1, 0.15) is 19.6 Å². The summed E-state index contributed by atoms with van der Waals surface area (Å²) < 4.78 is 5.08. The maximum Gasteiger partial charge on any atom is 0.232 e. The van der Waals surface area contributed by atoms with Crippen LogP contribution >= 0.6 is 12.2 Å². The number of amides is 1. The van der Waals surface area contributed by atoms with Crippen molar-refractivity contribution in [2.75, 3.05) is 0 Å². The average Bonchev–Trinajstić information content (AvgIpc) is 2.66. The Morgan fingerprint density at radius 1 is 1.67 bits per heavy atom. The number of nitrogens with one attached hydrogen (secondary N) is 1. The fraction of sp³-hybridized carbons (Fsp3) is 0.400. The van der Waals surface area contributed by atoms with E-state index < -0.39 is 5.41 Å². The Labute approximate surface area is 93.8 Å². The lowest BCUT2D eigenvalue weighted by Gasteiger charge is -2.21. The molecule has 0 aliphatic heterocycles. The monoisotopic (exact) mass is 226 g/mol. The molecule has 0 aliphatic carbocycles. The Hall–Kier alpha value is -1.36. The van der Waals surface area contributed by atoms with Crippen molar-refractivity contribution in [1.82, 2.24) is 5.32 Å². The van der Waals surface area contributed by atoms with Gasteiger partial charge in [-0.3, -0.25) is 4.79 Å². The van der Waals surface area contributed by atoms with E-state index in [4.69, 9.17) is 22.4 Å². The van der Waals surface area contributed by atoms with Gasteiger partial charge in [-0.2, -0.15) is 0 Å². The van der Waals surface area contributed by atoms with Crippen molar-refractivity contribution in [3.05, 3.63) is 24.2 Å². The summed E-state index contributed by atoms with van der Waals surface area (Å²) in [6.45, 7) is 3.72. The number of rotatable bonds is 4. The van der Waals surface area contributed by atoms with E-state index in [1.165, 1.54) is 0 Å². The molecule has 82 valence electrons. The van der Waals surface area contributed by atoms with E-state index in [1.807, 2.05) is 0 Å². The van der Waals surface area contributed by atoms with Crippen molar-refractivity contribution in [3.8, 4) is 0 Å². The maximum atomic E-state index is 11.7. The van der Waals surface area contributed by atoms with Crippen LogP contribution in [0.5, 0.6) is 0 Å². The summed E-state index contributed by atoms with van der Waals surface area (Å²) in [6, 6.07) is 3.55. The molecule has 1 heterocycles. The molecule has 0 atom stereocenters. The highest BCUT2D eigenvalue weighted by molar-refractivity contribution is 7.80. The van der Waals surface area contributed by atoms with Gasteiger partial charge in [0.15, 0.2) is 0 Å². The Kier molecular flexibility index (Phi) is 3.47. The molecule has 4 nitrogen and oxygen atoms in total. The molecule has 0 saturated heterocycles. The minimum atomic E-state index is -0.831. The van der Waals surface area contributed by atoms with E-state index in [0.717, 1.165) is 0 Å². The first-order chi connectivity index (χ1) is 6.94. The Morgan fingerprint density at radius 2 is 2.33 bits per heavy atom. The first-order valence-corrected chi connectivity index (χ1v) is 4.96. The summed E-state index contributed by atoms with van der Waals surface area (Å²) in [4.78, 5) is 11.9. The van der Waals surface area contributed by atoms with Gasteiger partial charge in [0.05, 0.1) is 23.2 Å². The Bertz CT molecular complexity index is 358. The predicted octanol–water partition coefficient (Wildman–Crippen LogP) is 1.21. The molecule has 0 aromatic carbocycles. The van der Waals surface area contributed by atoms with E-state index in [0.29, 0.717) is 12.3 Å². The molecule has 0 bridgehead atoms. The van der Waals surface area contributed by atoms with E-state index in [-0.39, 0.29) is 10.9 Å². The van der Waals surface area contributed by atoms with Gasteiger partial charge in [-0.15, -0.1) is 0 Å². The highest BCUT2D eigenvalue weighted by Gasteiger charge is 2.30. The van der Waals surface area contributed by atoms with Gasteiger partial charge < -0.3 is 15.5 Å². The summed E-state index contributed by atoms with van der Waals surface area (Å²) in [7, 11) is 0. The standard InChI is InChI=1S/C10H14N2O2S/c1-10(2,8(11)15)9(13)12-6-7-4-3-5-14-7/h3-5H,6H2,1-2H3,(H2,11,15)(H,12,13). The van der Waals surface area contributed by atoms with Crippen LogP contribution in [0.15, 0.2) is 22.8 Å². The van der Waals surface area contributed by atoms with E-state index in [1.54, 1.807) is 32.2 Å². The number of thiocarbonyl (C=S) groups is 1. The number of hydrogen-bond donors (Lipinski definition) is 2. The molecule has 0 saturated carbocycles. The van der Waals surface area contributed by atoms with Crippen molar-refractivity contribution >= 4 is 23.1 Å². The van der Waals surface area contributed by atoms with Gasteiger partial charge in [0.25, 0.3) is 0 Å². The predicted molar refractivity (Wildman–Crippen MR) is 61.1 cm³/mol. The summed E-state index contributed by atoms with van der Waals surface area (Å²) >= 11 is 4.82. The summed E-state index contributed by atoms with van der Waals surface area (Å²) in [5.41, 5.74) is 4.64. The van der Waals surface area contributed by atoms with Gasteiger partial charge in [-0.05, 0) is 26.0 Å². The first kappa shape index (κ1) is 11.7. The highest BCUT2D eigenvalue weighted by atomic mass is 32.1. The number of nitrogens with two attached hydrogens (primary N) is 1. The van der Waals surface area contributed by atoms with Gasteiger partial charge in [-0.1, -0.05) is 12.2 Å². The second-order valence-corrected chi connectivity index (χ2v) is 4.19. The lowest BCUT2D eigenvalue weighted by atomic mass is 9.92. The molecule has 0 unspecified atom stereocenters. The molecule has 15 heavy (non-hydrogen) atoms. The van der Waals surface area contributed by atoms with Gasteiger partial charge in [0.1, 0.15) is 5.76 Å². The molecular weight excluding hydrogens is 212 g/mol. The molecule has 3 N–H and O–H groups in total. The molecule has 1 aromatic rings. The lowest BCUT2D eigenvalue weighted by Crippen LogP contribution is -2.44. The molecule has 0 radical (unpaired) electrons. The topological polar surface area (TPSA) is 68.3 Å². The number of carbonyl (C=O) groups is 1. The van der Waals surface area contributed by atoms with Crippen molar-refractivity contribution in [2.24, 2.45) is 11.1 Å². The fourth-order valence-corrected chi connectivity index (χ4v) is 1.01. The largest absolute Gasteiger partial charge is 0.467 e. The van der Waals surface area contributed by atoms with Gasteiger partial charge in [0, 0.05) is 0 Å². The van der Waals surface area contributed by atoms with Crippen molar-refractivity contribution in [3.63, 3.8) is 0 Å². The third-order valence-corrected chi connectivity index (χ3v) is 2.70. The number of carbonyl (C=O) groups excluding carboxylic acids is 1. The molecular formula is C10H14N2O2S. The van der Waals surface area contributed by atoms with E-state index >= 15 is 0 Å². The first-order valence-electron chi connectivity index (χ1n) is 4.55. The summed E-state index contributed by atoms with van der Waals surface area (Å²) in [5, 5.41) is 2.71. The van der Waals surface area contributed by atoms with Crippen LogP contribution in [0, 0.1) is 5.41 Å². The Morgan fingerprint density at radius 3 is 2.80 bits per heavy atom. The van der Waals surface area contributed by atoms with Gasteiger partial charge in [0.2, 0.25) is 5.91 Å². The molecule has 0 spiro atoms. The molecule has 5 heteroatoms. The lowest BCUT2D eigenvalue weighted by molar-refractivity contribution is -0.126. The van der Waals surface area contributed by atoms with Crippen molar-refractivity contribution < 1.29 is 9.21 Å².